The lowest BCUT2D eigenvalue weighted by Gasteiger charge is -2.22. The van der Waals surface area contributed by atoms with E-state index in [1.807, 2.05) is 23.9 Å². The summed E-state index contributed by atoms with van der Waals surface area (Å²) >= 11 is 0. The molecule has 6 nitrogen and oxygen atoms in total. The summed E-state index contributed by atoms with van der Waals surface area (Å²) in [5, 5.41) is 8.25. The fourth-order valence-corrected chi connectivity index (χ4v) is 3.60. The Morgan fingerprint density at radius 2 is 2.04 bits per heavy atom. The fraction of sp³-hybridized carbons (Fsp3) is 0.550. The SMILES string of the molecule is Cn1cc(CNCC2CCCOC2)c(-c2ccc3c(c2)OCCCO3)n1. The lowest BCUT2D eigenvalue weighted by atomic mass is 10.0. The van der Waals surface area contributed by atoms with E-state index < -0.39 is 0 Å². The molecule has 2 aliphatic heterocycles. The van der Waals surface area contributed by atoms with Gasteiger partial charge in [-0.25, -0.2) is 0 Å². The van der Waals surface area contributed by atoms with Crippen molar-refractivity contribution >= 4 is 0 Å². The maximum Gasteiger partial charge on any atom is 0.161 e. The van der Waals surface area contributed by atoms with Gasteiger partial charge >= 0.3 is 0 Å². The minimum absolute atomic E-state index is 0.613. The summed E-state index contributed by atoms with van der Waals surface area (Å²) in [5.74, 6) is 2.24. The molecule has 0 aliphatic carbocycles. The van der Waals surface area contributed by atoms with Crippen LogP contribution in [0, 0.1) is 5.92 Å². The molecular formula is C20H27N3O3. The molecule has 0 spiro atoms. The van der Waals surface area contributed by atoms with Crippen molar-refractivity contribution in [2.24, 2.45) is 13.0 Å². The second-order valence-corrected chi connectivity index (χ2v) is 7.10. The number of aromatic nitrogens is 2. The molecule has 1 N–H and O–H groups in total. The maximum atomic E-state index is 5.83. The molecule has 0 bridgehead atoms. The molecule has 6 heteroatoms. The van der Waals surface area contributed by atoms with Gasteiger partial charge in [-0.3, -0.25) is 4.68 Å². The number of nitrogens with zero attached hydrogens (tertiary/aromatic N) is 2. The minimum Gasteiger partial charge on any atom is -0.490 e. The Kier molecular flexibility index (Phi) is 5.41. The summed E-state index contributed by atoms with van der Waals surface area (Å²) in [6.45, 7) is 4.96. The van der Waals surface area contributed by atoms with Crippen molar-refractivity contribution in [1.29, 1.82) is 0 Å². The minimum atomic E-state index is 0.613. The molecule has 1 aromatic carbocycles. The summed E-state index contributed by atoms with van der Waals surface area (Å²) in [6.07, 6.45) is 5.41. The van der Waals surface area contributed by atoms with Crippen LogP contribution in [0.4, 0.5) is 0 Å². The van der Waals surface area contributed by atoms with E-state index in [9.17, 15) is 0 Å². The Morgan fingerprint density at radius 1 is 1.15 bits per heavy atom. The molecule has 1 fully saturated rings. The van der Waals surface area contributed by atoms with E-state index in [2.05, 4.69) is 22.7 Å². The average Bonchev–Trinajstić information content (AvgIpc) is 2.88. The largest absolute Gasteiger partial charge is 0.490 e. The average molecular weight is 357 g/mol. The first-order valence-electron chi connectivity index (χ1n) is 9.50. The van der Waals surface area contributed by atoms with Crippen LogP contribution in [0.3, 0.4) is 0 Å². The van der Waals surface area contributed by atoms with Crippen LogP contribution in [-0.4, -0.2) is 42.8 Å². The number of benzene rings is 1. The molecular weight excluding hydrogens is 330 g/mol. The van der Waals surface area contributed by atoms with Crippen LogP contribution < -0.4 is 14.8 Å². The number of nitrogens with one attached hydrogen (secondary N) is 1. The zero-order valence-corrected chi connectivity index (χ0v) is 15.4. The number of ether oxygens (including phenoxy) is 3. The lowest BCUT2D eigenvalue weighted by Crippen LogP contribution is -2.28. The highest BCUT2D eigenvalue weighted by Gasteiger charge is 2.17. The highest BCUT2D eigenvalue weighted by molar-refractivity contribution is 5.66. The van der Waals surface area contributed by atoms with Crippen LogP contribution in [0.5, 0.6) is 11.5 Å². The highest BCUT2D eigenvalue weighted by Crippen LogP contribution is 2.34. The van der Waals surface area contributed by atoms with E-state index in [0.717, 1.165) is 55.5 Å². The molecule has 1 aromatic heterocycles. The fourth-order valence-electron chi connectivity index (χ4n) is 3.60. The standard InChI is InChI=1S/C20H27N3O3/c1-23-13-17(12-21-11-15-4-2-7-24-14-15)20(22-23)16-5-6-18-19(10-16)26-9-3-8-25-18/h5-6,10,13,15,21H,2-4,7-9,11-12,14H2,1H3. The van der Waals surface area contributed by atoms with Gasteiger partial charge < -0.3 is 19.5 Å². The van der Waals surface area contributed by atoms with Gasteiger partial charge in [0.15, 0.2) is 11.5 Å². The number of hydrogen-bond acceptors (Lipinski definition) is 5. The van der Waals surface area contributed by atoms with Crippen molar-refractivity contribution < 1.29 is 14.2 Å². The summed E-state index contributed by atoms with van der Waals surface area (Å²) < 4.78 is 19.0. The lowest BCUT2D eigenvalue weighted by molar-refractivity contribution is 0.0547. The van der Waals surface area contributed by atoms with Gasteiger partial charge in [0, 0.05) is 50.5 Å². The quantitative estimate of drug-likeness (QED) is 0.892. The van der Waals surface area contributed by atoms with Crippen LogP contribution in [0.1, 0.15) is 24.8 Å². The van der Waals surface area contributed by atoms with Gasteiger partial charge in [-0.1, -0.05) is 0 Å². The predicted octanol–water partition coefficient (Wildman–Crippen LogP) is 2.76. The zero-order chi connectivity index (χ0) is 17.8. The van der Waals surface area contributed by atoms with Gasteiger partial charge in [-0.2, -0.15) is 5.10 Å². The molecule has 3 heterocycles. The number of fused-ring (bicyclic) bond motifs is 1. The van der Waals surface area contributed by atoms with Crippen molar-refractivity contribution in [3.8, 4) is 22.8 Å². The number of rotatable bonds is 5. The summed E-state index contributed by atoms with van der Waals surface area (Å²) in [4.78, 5) is 0. The van der Waals surface area contributed by atoms with Crippen LogP contribution in [0.2, 0.25) is 0 Å². The third-order valence-corrected chi connectivity index (χ3v) is 4.93. The molecule has 4 rings (SSSR count). The molecule has 2 aliphatic rings. The Bertz CT molecular complexity index is 738. The van der Waals surface area contributed by atoms with Crippen molar-refractivity contribution in [3.05, 3.63) is 30.0 Å². The van der Waals surface area contributed by atoms with Gasteiger partial charge in [0.05, 0.1) is 25.5 Å². The van der Waals surface area contributed by atoms with E-state index >= 15 is 0 Å². The van der Waals surface area contributed by atoms with Crippen molar-refractivity contribution in [1.82, 2.24) is 15.1 Å². The van der Waals surface area contributed by atoms with Crippen molar-refractivity contribution in [3.63, 3.8) is 0 Å². The topological polar surface area (TPSA) is 57.5 Å². The zero-order valence-electron chi connectivity index (χ0n) is 15.4. The second-order valence-electron chi connectivity index (χ2n) is 7.10. The van der Waals surface area contributed by atoms with Gasteiger partial charge in [0.2, 0.25) is 0 Å². The predicted molar refractivity (Wildman–Crippen MR) is 99.5 cm³/mol. The first kappa shape index (κ1) is 17.4. The molecule has 2 aromatic rings. The van der Waals surface area contributed by atoms with Crippen LogP contribution in [0.25, 0.3) is 11.3 Å². The molecule has 0 radical (unpaired) electrons. The monoisotopic (exact) mass is 357 g/mol. The molecule has 0 saturated carbocycles. The molecule has 1 atom stereocenters. The van der Waals surface area contributed by atoms with Gasteiger partial charge in [0.1, 0.15) is 0 Å². The third kappa shape index (κ3) is 4.02. The Balaban J connectivity index is 1.47. The van der Waals surface area contributed by atoms with E-state index in [1.165, 1.54) is 18.4 Å². The van der Waals surface area contributed by atoms with Crippen LogP contribution >= 0.6 is 0 Å². The molecule has 1 saturated heterocycles. The molecule has 0 amide bonds. The van der Waals surface area contributed by atoms with Gasteiger partial charge in [0.25, 0.3) is 0 Å². The third-order valence-electron chi connectivity index (χ3n) is 4.93. The van der Waals surface area contributed by atoms with E-state index in [0.29, 0.717) is 19.1 Å². The second kappa shape index (κ2) is 8.10. The van der Waals surface area contributed by atoms with Gasteiger partial charge in [-0.05, 0) is 37.0 Å². The van der Waals surface area contributed by atoms with Crippen LogP contribution in [0.15, 0.2) is 24.4 Å². The van der Waals surface area contributed by atoms with E-state index in [1.54, 1.807) is 0 Å². The van der Waals surface area contributed by atoms with Crippen molar-refractivity contribution in [2.75, 3.05) is 33.0 Å². The normalized spacial score (nSPS) is 20.0. The van der Waals surface area contributed by atoms with E-state index in [-0.39, 0.29) is 0 Å². The number of hydrogen-bond donors (Lipinski definition) is 1. The first-order valence-corrected chi connectivity index (χ1v) is 9.50. The first-order chi connectivity index (χ1) is 12.8. The number of aryl methyl sites for hydroxylation is 1. The van der Waals surface area contributed by atoms with E-state index in [4.69, 9.17) is 14.2 Å². The Labute approximate surface area is 154 Å². The summed E-state index contributed by atoms with van der Waals surface area (Å²) in [5.41, 5.74) is 3.25. The van der Waals surface area contributed by atoms with Crippen molar-refractivity contribution in [2.45, 2.75) is 25.8 Å². The maximum absolute atomic E-state index is 5.83. The molecule has 26 heavy (non-hydrogen) atoms. The van der Waals surface area contributed by atoms with Gasteiger partial charge in [-0.15, -0.1) is 0 Å². The summed E-state index contributed by atoms with van der Waals surface area (Å²) in [6, 6.07) is 6.09. The highest BCUT2D eigenvalue weighted by atomic mass is 16.5. The Hall–Kier alpha value is -2.05. The smallest absolute Gasteiger partial charge is 0.161 e. The molecule has 140 valence electrons. The molecule has 1 unspecified atom stereocenters. The summed E-state index contributed by atoms with van der Waals surface area (Å²) in [7, 11) is 1.96. The van der Waals surface area contributed by atoms with Crippen LogP contribution in [-0.2, 0) is 18.3 Å². The Morgan fingerprint density at radius 3 is 2.88 bits per heavy atom.